The van der Waals surface area contributed by atoms with Gasteiger partial charge in [-0.2, -0.15) is 0 Å². The van der Waals surface area contributed by atoms with E-state index in [1.165, 1.54) is 4.90 Å². The summed E-state index contributed by atoms with van der Waals surface area (Å²) >= 11 is 0. The molecule has 1 heterocycles. The number of nitrogens with zero attached hydrogens (tertiary/aromatic N) is 1. The number of hydrogen-bond donors (Lipinski definition) is 1. The molecule has 0 aliphatic carbocycles. The molecule has 162 valence electrons. The predicted octanol–water partition coefficient (Wildman–Crippen LogP) is 5.49. The third kappa shape index (κ3) is 4.02. The number of nitrogens with one attached hydrogen (secondary N) is 1. The van der Waals surface area contributed by atoms with Crippen LogP contribution in [-0.4, -0.2) is 18.4 Å². The minimum absolute atomic E-state index is 0.259. The Morgan fingerprint density at radius 1 is 0.844 bits per heavy atom. The minimum atomic E-state index is -0.403. The van der Waals surface area contributed by atoms with Gasteiger partial charge in [0, 0.05) is 5.69 Å². The van der Waals surface area contributed by atoms with Gasteiger partial charge >= 0.3 is 0 Å². The lowest BCUT2D eigenvalue weighted by atomic mass is 10.0. The number of hydrogen-bond acceptors (Lipinski definition) is 4. The molecule has 1 aliphatic heterocycles. The van der Waals surface area contributed by atoms with Crippen molar-refractivity contribution < 1.29 is 14.3 Å². The molecule has 0 unspecified atom stereocenters. The Morgan fingerprint density at radius 2 is 1.56 bits per heavy atom. The zero-order chi connectivity index (χ0) is 22.7. The molecule has 32 heavy (non-hydrogen) atoms. The van der Waals surface area contributed by atoms with E-state index in [9.17, 15) is 9.59 Å². The van der Waals surface area contributed by atoms with Crippen LogP contribution >= 0.6 is 0 Å². The number of para-hydroxylation sites is 2. The summed E-state index contributed by atoms with van der Waals surface area (Å²) in [5.41, 5.74) is 4.76. The van der Waals surface area contributed by atoms with E-state index in [0.29, 0.717) is 29.2 Å². The summed E-state index contributed by atoms with van der Waals surface area (Å²) < 4.78 is 5.83. The Bertz CT molecular complexity index is 1200. The van der Waals surface area contributed by atoms with Crippen molar-refractivity contribution in [3.63, 3.8) is 0 Å². The molecule has 0 radical (unpaired) electrons. The first-order chi connectivity index (χ1) is 15.5. The highest BCUT2D eigenvalue weighted by Crippen LogP contribution is 2.38. The summed E-state index contributed by atoms with van der Waals surface area (Å²) in [6.45, 7) is 6.56. The summed E-state index contributed by atoms with van der Waals surface area (Å²) in [5, 5.41) is 3.23. The van der Waals surface area contributed by atoms with Crippen molar-refractivity contribution in [1.29, 1.82) is 0 Å². The molecule has 4 rings (SSSR count). The van der Waals surface area contributed by atoms with Crippen molar-refractivity contribution >= 4 is 28.8 Å². The molecule has 0 bridgehead atoms. The average molecular weight is 427 g/mol. The van der Waals surface area contributed by atoms with E-state index in [0.717, 1.165) is 23.2 Å². The van der Waals surface area contributed by atoms with Gasteiger partial charge in [0.25, 0.3) is 11.8 Å². The van der Waals surface area contributed by atoms with Crippen LogP contribution in [0.3, 0.4) is 0 Å². The molecule has 0 spiro atoms. The fourth-order valence-electron chi connectivity index (χ4n) is 3.68. The van der Waals surface area contributed by atoms with Crippen LogP contribution < -0.4 is 15.0 Å². The first-order valence-electron chi connectivity index (χ1n) is 10.8. The molecule has 3 aromatic carbocycles. The lowest BCUT2D eigenvalue weighted by Crippen LogP contribution is -2.32. The van der Waals surface area contributed by atoms with Gasteiger partial charge in [-0.3, -0.25) is 9.59 Å². The number of imide groups is 1. The maximum absolute atomic E-state index is 13.6. The zero-order valence-electron chi connectivity index (χ0n) is 18.5. The Kier molecular flexibility index (Phi) is 6.08. The van der Waals surface area contributed by atoms with Gasteiger partial charge < -0.3 is 10.1 Å². The van der Waals surface area contributed by atoms with Crippen molar-refractivity contribution in [3.05, 3.63) is 95.2 Å². The smallest absolute Gasteiger partial charge is 0.282 e. The highest BCUT2D eigenvalue weighted by atomic mass is 16.5. The third-order valence-electron chi connectivity index (χ3n) is 5.49. The molecule has 1 aliphatic rings. The number of rotatable bonds is 7. The Balaban J connectivity index is 1.80. The van der Waals surface area contributed by atoms with E-state index >= 15 is 0 Å². The van der Waals surface area contributed by atoms with E-state index in [-0.39, 0.29) is 11.6 Å². The standard InChI is InChI=1S/C27H26N2O3/c1-4-16-32-23-13-9-8-12-22(23)29-26(30)24(20-10-6-5-7-11-20)25(27(29)31)28-21-15-14-18(2)19(3)17-21/h5-15,17,28H,4,16H2,1-3H3. The summed E-state index contributed by atoms with van der Waals surface area (Å²) in [4.78, 5) is 28.4. The fraction of sp³-hybridized carbons (Fsp3) is 0.185. The van der Waals surface area contributed by atoms with Gasteiger partial charge in [0.15, 0.2) is 0 Å². The van der Waals surface area contributed by atoms with E-state index in [1.807, 2.05) is 75.4 Å². The van der Waals surface area contributed by atoms with Crippen molar-refractivity contribution in [2.24, 2.45) is 0 Å². The lowest BCUT2D eigenvalue weighted by molar-refractivity contribution is -0.120. The topological polar surface area (TPSA) is 58.6 Å². The van der Waals surface area contributed by atoms with Gasteiger partial charge in [0.1, 0.15) is 11.4 Å². The second kappa shape index (κ2) is 9.10. The number of carbonyl (C=O) groups is 2. The number of benzene rings is 3. The molecule has 0 saturated carbocycles. The molecular weight excluding hydrogens is 400 g/mol. The zero-order valence-corrected chi connectivity index (χ0v) is 18.5. The predicted molar refractivity (Wildman–Crippen MR) is 128 cm³/mol. The van der Waals surface area contributed by atoms with Gasteiger partial charge in [-0.1, -0.05) is 55.5 Å². The Hall–Kier alpha value is -3.86. The molecule has 5 nitrogen and oxygen atoms in total. The first kappa shape index (κ1) is 21.4. The third-order valence-corrected chi connectivity index (χ3v) is 5.49. The van der Waals surface area contributed by atoms with Crippen LogP contribution in [0.2, 0.25) is 0 Å². The largest absolute Gasteiger partial charge is 0.491 e. The molecule has 5 heteroatoms. The van der Waals surface area contributed by atoms with Crippen molar-refractivity contribution in [2.45, 2.75) is 27.2 Å². The molecule has 0 saturated heterocycles. The van der Waals surface area contributed by atoms with Gasteiger partial charge in [-0.15, -0.1) is 0 Å². The van der Waals surface area contributed by atoms with E-state index in [2.05, 4.69) is 5.32 Å². The number of amides is 2. The quantitative estimate of drug-likeness (QED) is 0.508. The van der Waals surface area contributed by atoms with Crippen molar-refractivity contribution in [2.75, 3.05) is 16.8 Å². The molecular formula is C27H26N2O3. The fourth-order valence-corrected chi connectivity index (χ4v) is 3.68. The van der Waals surface area contributed by atoms with Crippen molar-refractivity contribution in [1.82, 2.24) is 0 Å². The maximum Gasteiger partial charge on any atom is 0.282 e. The molecule has 0 fully saturated rings. The van der Waals surface area contributed by atoms with Crippen LogP contribution in [0.25, 0.3) is 5.57 Å². The summed E-state index contributed by atoms with van der Waals surface area (Å²) in [5.74, 6) is -0.268. The van der Waals surface area contributed by atoms with Crippen LogP contribution in [0, 0.1) is 13.8 Å². The van der Waals surface area contributed by atoms with Crippen LogP contribution in [0.5, 0.6) is 5.75 Å². The molecule has 0 aromatic heterocycles. The second-order valence-electron chi connectivity index (χ2n) is 7.80. The SMILES string of the molecule is CCCOc1ccccc1N1C(=O)C(Nc2ccc(C)c(C)c2)=C(c2ccccc2)C1=O. The van der Waals surface area contributed by atoms with Gasteiger partial charge in [0.2, 0.25) is 0 Å². The van der Waals surface area contributed by atoms with Crippen LogP contribution in [0.1, 0.15) is 30.0 Å². The van der Waals surface area contributed by atoms with E-state index < -0.39 is 5.91 Å². The van der Waals surface area contributed by atoms with E-state index in [4.69, 9.17) is 4.74 Å². The Morgan fingerprint density at radius 3 is 2.28 bits per heavy atom. The maximum atomic E-state index is 13.6. The number of ether oxygens (including phenoxy) is 1. The summed E-state index contributed by atoms with van der Waals surface area (Å²) in [6, 6.07) is 22.3. The van der Waals surface area contributed by atoms with E-state index in [1.54, 1.807) is 18.2 Å². The summed E-state index contributed by atoms with van der Waals surface area (Å²) in [6.07, 6.45) is 0.823. The molecule has 1 N–H and O–H groups in total. The molecule has 2 amide bonds. The second-order valence-corrected chi connectivity index (χ2v) is 7.80. The average Bonchev–Trinajstić information content (AvgIpc) is 3.04. The Labute approximate surface area is 188 Å². The monoisotopic (exact) mass is 426 g/mol. The van der Waals surface area contributed by atoms with Gasteiger partial charge in [-0.05, 0) is 61.2 Å². The highest BCUT2D eigenvalue weighted by Gasteiger charge is 2.41. The highest BCUT2D eigenvalue weighted by molar-refractivity contribution is 6.46. The van der Waals surface area contributed by atoms with Gasteiger partial charge in [-0.25, -0.2) is 4.90 Å². The molecule has 3 aromatic rings. The number of carbonyl (C=O) groups excluding carboxylic acids is 2. The van der Waals surface area contributed by atoms with Crippen molar-refractivity contribution in [3.8, 4) is 5.75 Å². The van der Waals surface area contributed by atoms with Gasteiger partial charge in [0.05, 0.1) is 17.9 Å². The molecule has 0 atom stereocenters. The summed E-state index contributed by atoms with van der Waals surface area (Å²) in [7, 11) is 0. The number of anilines is 2. The minimum Gasteiger partial charge on any atom is -0.491 e. The number of aryl methyl sites for hydroxylation is 2. The van der Waals surface area contributed by atoms with Crippen LogP contribution in [0.15, 0.2) is 78.5 Å². The first-order valence-corrected chi connectivity index (χ1v) is 10.8. The van der Waals surface area contributed by atoms with Crippen LogP contribution in [-0.2, 0) is 9.59 Å². The lowest BCUT2D eigenvalue weighted by Gasteiger charge is -2.19. The van der Waals surface area contributed by atoms with Crippen LogP contribution in [0.4, 0.5) is 11.4 Å². The normalized spacial score (nSPS) is 13.7.